The largest absolute Gasteiger partial charge is 0.327 e. The Morgan fingerprint density at radius 3 is 1.94 bits per heavy atom. The fourth-order valence-corrected chi connectivity index (χ4v) is 1.99. The molecule has 18 heavy (non-hydrogen) atoms. The topological polar surface area (TPSA) is 26.0 Å². The average molecular weight is 251 g/mol. The molecule has 2 heteroatoms. The summed E-state index contributed by atoms with van der Waals surface area (Å²) in [5, 5.41) is 0. The number of benzene rings is 1. The van der Waals surface area contributed by atoms with Crippen LogP contribution in [0, 0.1) is 5.41 Å². The minimum atomic E-state index is -1.35. The molecule has 1 aromatic carbocycles. The van der Waals surface area contributed by atoms with Crippen LogP contribution in [0.2, 0.25) is 0 Å². The van der Waals surface area contributed by atoms with E-state index >= 15 is 0 Å². The zero-order valence-corrected chi connectivity index (χ0v) is 12.3. The van der Waals surface area contributed by atoms with E-state index in [-0.39, 0.29) is 6.54 Å². The maximum absolute atomic E-state index is 14.8. The molecule has 0 aliphatic heterocycles. The maximum atomic E-state index is 14.8. The van der Waals surface area contributed by atoms with Crippen molar-refractivity contribution in [2.24, 2.45) is 11.1 Å². The summed E-state index contributed by atoms with van der Waals surface area (Å²) in [6, 6.07) is 8.20. The standard InChI is InChI=1S/C16H26FN/c1-12(2)14-8-6-13(7-9-14)10-16(17,11-18)15(3,4)5/h6-9,12H,10-11,18H2,1-5H3. The van der Waals surface area contributed by atoms with Gasteiger partial charge in [0, 0.05) is 13.0 Å². The molecule has 0 bridgehead atoms. The molecule has 0 saturated heterocycles. The Kier molecular flexibility index (Phi) is 4.55. The Balaban J connectivity index is 2.90. The fourth-order valence-electron chi connectivity index (χ4n) is 1.99. The highest BCUT2D eigenvalue weighted by atomic mass is 19.1. The van der Waals surface area contributed by atoms with E-state index in [9.17, 15) is 4.39 Å². The van der Waals surface area contributed by atoms with Crippen molar-refractivity contribution in [2.45, 2.75) is 52.6 Å². The highest BCUT2D eigenvalue weighted by Crippen LogP contribution is 2.36. The first-order valence-corrected chi connectivity index (χ1v) is 6.67. The Labute approximate surface area is 111 Å². The van der Waals surface area contributed by atoms with Crippen LogP contribution < -0.4 is 5.73 Å². The minimum Gasteiger partial charge on any atom is -0.327 e. The third-order valence-corrected chi connectivity index (χ3v) is 3.80. The molecule has 102 valence electrons. The van der Waals surface area contributed by atoms with E-state index in [0.29, 0.717) is 12.3 Å². The van der Waals surface area contributed by atoms with Gasteiger partial charge in [-0.2, -0.15) is 0 Å². The molecule has 1 atom stereocenters. The first-order valence-electron chi connectivity index (χ1n) is 6.67. The quantitative estimate of drug-likeness (QED) is 0.858. The van der Waals surface area contributed by atoms with E-state index in [0.717, 1.165) is 5.56 Å². The lowest BCUT2D eigenvalue weighted by atomic mass is 9.74. The molecule has 0 fully saturated rings. The highest BCUT2D eigenvalue weighted by molar-refractivity contribution is 5.26. The second kappa shape index (κ2) is 5.40. The van der Waals surface area contributed by atoms with Gasteiger partial charge in [-0.3, -0.25) is 0 Å². The zero-order valence-electron chi connectivity index (χ0n) is 12.3. The lowest BCUT2D eigenvalue weighted by molar-refractivity contribution is 0.0382. The summed E-state index contributed by atoms with van der Waals surface area (Å²) in [5.41, 5.74) is 6.14. The molecule has 0 aliphatic rings. The molecule has 0 aromatic heterocycles. The van der Waals surface area contributed by atoms with Crippen molar-refractivity contribution in [1.82, 2.24) is 0 Å². The Morgan fingerprint density at radius 1 is 1.11 bits per heavy atom. The molecular weight excluding hydrogens is 225 g/mol. The molecule has 1 nitrogen and oxygen atoms in total. The molecule has 0 heterocycles. The van der Waals surface area contributed by atoms with Crippen LogP contribution in [-0.2, 0) is 6.42 Å². The van der Waals surface area contributed by atoms with Gasteiger partial charge in [0.15, 0.2) is 0 Å². The SMILES string of the molecule is CC(C)c1ccc(CC(F)(CN)C(C)(C)C)cc1. The van der Waals surface area contributed by atoms with E-state index in [2.05, 4.69) is 26.0 Å². The molecule has 0 amide bonds. The van der Waals surface area contributed by atoms with Gasteiger partial charge in [0.1, 0.15) is 5.67 Å². The van der Waals surface area contributed by atoms with Crippen molar-refractivity contribution >= 4 is 0 Å². The third-order valence-electron chi connectivity index (χ3n) is 3.80. The first-order chi connectivity index (χ1) is 8.19. The molecule has 1 aromatic rings. The van der Waals surface area contributed by atoms with Crippen LogP contribution in [-0.4, -0.2) is 12.2 Å². The number of hydrogen-bond acceptors (Lipinski definition) is 1. The molecule has 0 saturated carbocycles. The maximum Gasteiger partial charge on any atom is 0.132 e. The van der Waals surface area contributed by atoms with Crippen molar-refractivity contribution in [3.8, 4) is 0 Å². The number of alkyl halides is 1. The van der Waals surface area contributed by atoms with Crippen LogP contribution >= 0.6 is 0 Å². The minimum absolute atomic E-state index is 0.0580. The first kappa shape index (κ1) is 15.2. The van der Waals surface area contributed by atoms with Crippen molar-refractivity contribution in [3.05, 3.63) is 35.4 Å². The molecule has 0 spiro atoms. The van der Waals surface area contributed by atoms with Crippen LogP contribution in [0.5, 0.6) is 0 Å². The molecule has 0 aliphatic carbocycles. The van der Waals surface area contributed by atoms with Crippen LogP contribution in [0.1, 0.15) is 51.7 Å². The van der Waals surface area contributed by atoms with Gasteiger partial charge in [-0.15, -0.1) is 0 Å². The monoisotopic (exact) mass is 251 g/mol. The fraction of sp³-hybridized carbons (Fsp3) is 0.625. The van der Waals surface area contributed by atoms with E-state index in [1.165, 1.54) is 5.56 Å². The summed E-state index contributed by atoms with van der Waals surface area (Å²) >= 11 is 0. The van der Waals surface area contributed by atoms with Gasteiger partial charge in [0.25, 0.3) is 0 Å². The van der Waals surface area contributed by atoms with Crippen molar-refractivity contribution in [2.75, 3.05) is 6.54 Å². The van der Waals surface area contributed by atoms with Crippen LogP contribution in [0.3, 0.4) is 0 Å². The van der Waals surface area contributed by atoms with E-state index in [4.69, 9.17) is 5.73 Å². The van der Waals surface area contributed by atoms with Gasteiger partial charge in [-0.25, -0.2) is 4.39 Å². The lowest BCUT2D eigenvalue weighted by Gasteiger charge is -2.37. The molecular formula is C16H26FN. The van der Waals surface area contributed by atoms with Gasteiger partial charge in [0.05, 0.1) is 0 Å². The predicted octanol–water partition coefficient (Wildman–Crippen LogP) is 4.07. The van der Waals surface area contributed by atoms with Crippen LogP contribution in [0.25, 0.3) is 0 Å². The van der Waals surface area contributed by atoms with Crippen molar-refractivity contribution in [3.63, 3.8) is 0 Å². The smallest absolute Gasteiger partial charge is 0.132 e. The number of nitrogens with two attached hydrogens (primary N) is 1. The van der Waals surface area contributed by atoms with Gasteiger partial charge >= 0.3 is 0 Å². The summed E-state index contributed by atoms with van der Waals surface area (Å²) in [4.78, 5) is 0. The third kappa shape index (κ3) is 3.32. The van der Waals surface area contributed by atoms with E-state index in [1.807, 2.05) is 32.9 Å². The van der Waals surface area contributed by atoms with Crippen LogP contribution in [0.4, 0.5) is 4.39 Å². The lowest BCUT2D eigenvalue weighted by Crippen LogP contribution is -2.47. The zero-order chi connectivity index (χ0) is 14.0. The molecule has 2 N–H and O–H groups in total. The Morgan fingerprint density at radius 2 is 1.61 bits per heavy atom. The number of rotatable bonds is 4. The summed E-state index contributed by atoms with van der Waals surface area (Å²) in [6.07, 6.45) is 0.380. The van der Waals surface area contributed by atoms with Gasteiger partial charge in [0.2, 0.25) is 0 Å². The molecule has 0 radical (unpaired) electrons. The van der Waals surface area contributed by atoms with Crippen LogP contribution in [0.15, 0.2) is 24.3 Å². The van der Waals surface area contributed by atoms with Gasteiger partial charge in [-0.05, 0) is 22.5 Å². The van der Waals surface area contributed by atoms with Gasteiger partial charge < -0.3 is 5.73 Å². The summed E-state index contributed by atoms with van der Waals surface area (Å²) < 4.78 is 14.8. The Bertz CT molecular complexity index is 375. The van der Waals surface area contributed by atoms with Crippen molar-refractivity contribution in [1.29, 1.82) is 0 Å². The second-order valence-corrected chi connectivity index (χ2v) is 6.49. The van der Waals surface area contributed by atoms with E-state index < -0.39 is 11.1 Å². The summed E-state index contributed by atoms with van der Waals surface area (Å²) in [7, 11) is 0. The summed E-state index contributed by atoms with van der Waals surface area (Å²) in [5.74, 6) is 0.506. The second-order valence-electron chi connectivity index (χ2n) is 6.49. The average Bonchev–Trinajstić information content (AvgIpc) is 2.28. The number of halogens is 1. The highest BCUT2D eigenvalue weighted by Gasteiger charge is 2.41. The molecule has 1 unspecified atom stereocenters. The Hall–Kier alpha value is -0.890. The number of hydrogen-bond donors (Lipinski definition) is 1. The van der Waals surface area contributed by atoms with Gasteiger partial charge in [-0.1, -0.05) is 58.9 Å². The van der Waals surface area contributed by atoms with Crippen molar-refractivity contribution < 1.29 is 4.39 Å². The predicted molar refractivity (Wildman–Crippen MR) is 76.6 cm³/mol. The summed E-state index contributed by atoms with van der Waals surface area (Å²) in [6.45, 7) is 10.1. The molecule has 1 rings (SSSR count). The van der Waals surface area contributed by atoms with E-state index in [1.54, 1.807) is 0 Å². The normalized spacial score (nSPS) is 15.8.